The number of carbonyl (C=O) groups excluding carboxylic acids is 1. The van der Waals surface area contributed by atoms with E-state index in [0.717, 1.165) is 12.1 Å². The molecule has 8 heteroatoms. The van der Waals surface area contributed by atoms with E-state index in [1.54, 1.807) is 0 Å². The molecule has 0 amide bonds. The molecule has 3 N–H and O–H groups in total. The van der Waals surface area contributed by atoms with Gasteiger partial charge in [0.25, 0.3) is 10.1 Å². The van der Waals surface area contributed by atoms with E-state index in [4.69, 9.17) is 14.8 Å². The highest BCUT2D eigenvalue weighted by molar-refractivity contribution is 7.86. The highest BCUT2D eigenvalue weighted by Gasteiger charge is 2.21. The Hall–Kier alpha value is -1.48. The molecular weight excluding hydrogens is 252 g/mol. The lowest BCUT2D eigenvalue weighted by atomic mass is 10.2. The summed E-state index contributed by atoms with van der Waals surface area (Å²) in [6.07, 6.45) is -1.85. The first-order valence-corrected chi connectivity index (χ1v) is 5.86. The van der Waals surface area contributed by atoms with E-state index in [-0.39, 0.29) is 5.56 Å². The van der Waals surface area contributed by atoms with Crippen LogP contribution in [0.25, 0.3) is 0 Å². The lowest BCUT2D eigenvalue weighted by molar-refractivity contribution is -0.0813. The molecule has 0 atom stereocenters. The lowest BCUT2D eigenvalue weighted by Gasteiger charge is -2.08. The molecule has 0 aliphatic heterocycles. The topological polar surface area (TPSA) is 121 Å². The summed E-state index contributed by atoms with van der Waals surface area (Å²) in [5.41, 5.74) is -0.379. The maximum absolute atomic E-state index is 11.4. The van der Waals surface area contributed by atoms with E-state index in [1.807, 2.05) is 0 Å². The summed E-state index contributed by atoms with van der Waals surface area (Å²) in [6.45, 7) is -0.696. The number of hydrogen-bond acceptors (Lipinski definition) is 6. The molecule has 0 saturated heterocycles. The number of carbonyl (C=O) groups is 1. The summed E-state index contributed by atoms with van der Waals surface area (Å²) < 4.78 is 35.2. The fraction of sp³-hybridized carbons (Fsp3) is 0.222. The number of aliphatic hydroxyl groups excluding tert-OH is 1. The van der Waals surface area contributed by atoms with Crippen LogP contribution < -0.4 is 0 Å². The van der Waals surface area contributed by atoms with Gasteiger partial charge in [0.05, 0.1) is 5.56 Å². The van der Waals surface area contributed by atoms with Crippen molar-refractivity contribution in [2.75, 3.05) is 6.61 Å². The molecule has 0 aromatic heterocycles. The molecule has 0 bridgehead atoms. The van der Waals surface area contributed by atoms with Crippen LogP contribution in [0, 0.1) is 0 Å². The van der Waals surface area contributed by atoms with Crippen molar-refractivity contribution in [3.8, 4) is 0 Å². The first kappa shape index (κ1) is 13.6. The molecule has 0 radical (unpaired) electrons. The molecule has 17 heavy (non-hydrogen) atoms. The molecule has 0 heterocycles. The maximum Gasteiger partial charge on any atom is 0.339 e. The van der Waals surface area contributed by atoms with Crippen LogP contribution in [0.5, 0.6) is 0 Å². The molecule has 94 valence electrons. The van der Waals surface area contributed by atoms with Crippen LogP contribution in [0.3, 0.4) is 0 Å². The van der Waals surface area contributed by atoms with Crippen LogP contribution in [-0.4, -0.2) is 42.0 Å². The molecule has 7 nitrogen and oxygen atoms in total. The van der Waals surface area contributed by atoms with Gasteiger partial charge in [0.15, 0.2) is 6.29 Å². The fourth-order valence-corrected chi connectivity index (χ4v) is 1.77. The Balaban J connectivity index is 3.02. The van der Waals surface area contributed by atoms with Crippen molar-refractivity contribution in [2.24, 2.45) is 0 Å². The standard InChI is InChI=1S/C9H10O7S/c10-8(11)5-16-9(12)6-3-1-2-4-7(6)17(13,14)15/h1-4,8,10-11H,5H2,(H,13,14,15). The van der Waals surface area contributed by atoms with E-state index in [9.17, 15) is 13.2 Å². The molecule has 0 unspecified atom stereocenters. The third-order valence-corrected chi connectivity index (χ3v) is 2.66. The van der Waals surface area contributed by atoms with E-state index >= 15 is 0 Å². The van der Waals surface area contributed by atoms with Gasteiger partial charge in [-0.3, -0.25) is 4.55 Å². The number of aliphatic hydroxyl groups is 2. The first-order chi connectivity index (χ1) is 7.82. The largest absolute Gasteiger partial charge is 0.457 e. The zero-order chi connectivity index (χ0) is 13.1. The molecule has 1 aromatic rings. The molecule has 1 rings (SSSR count). The Morgan fingerprint density at radius 1 is 1.29 bits per heavy atom. The second-order valence-corrected chi connectivity index (χ2v) is 4.44. The van der Waals surface area contributed by atoms with Crippen LogP contribution in [0.1, 0.15) is 10.4 Å². The molecule has 1 aromatic carbocycles. The first-order valence-electron chi connectivity index (χ1n) is 4.42. The van der Waals surface area contributed by atoms with E-state index in [1.165, 1.54) is 12.1 Å². The lowest BCUT2D eigenvalue weighted by Crippen LogP contribution is -2.19. The second kappa shape index (κ2) is 5.23. The van der Waals surface area contributed by atoms with Gasteiger partial charge in [-0.15, -0.1) is 0 Å². The van der Waals surface area contributed by atoms with Crippen molar-refractivity contribution in [3.05, 3.63) is 29.8 Å². The smallest absolute Gasteiger partial charge is 0.339 e. The van der Waals surface area contributed by atoms with Gasteiger partial charge >= 0.3 is 5.97 Å². The second-order valence-electron chi connectivity index (χ2n) is 3.05. The van der Waals surface area contributed by atoms with Gasteiger partial charge in [-0.25, -0.2) is 4.79 Å². The highest BCUT2D eigenvalue weighted by atomic mass is 32.2. The van der Waals surface area contributed by atoms with Crippen molar-refractivity contribution in [1.29, 1.82) is 0 Å². The number of hydrogen-bond donors (Lipinski definition) is 3. The van der Waals surface area contributed by atoms with Crippen LogP contribution in [0.4, 0.5) is 0 Å². The van der Waals surface area contributed by atoms with Crippen molar-refractivity contribution in [2.45, 2.75) is 11.2 Å². The minimum atomic E-state index is -4.54. The predicted molar refractivity (Wildman–Crippen MR) is 54.8 cm³/mol. The van der Waals surface area contributed by atoms with E-state index in [2.05, 4.69) is 4.74 Å². The van der Waals surface area contributed by atoms with Gasteiger partial charge in [-0.05, 0) is 12.1 Å². The molecule has 0 aliphatic carbocycles. The van der Waals surface area contributed by atoms with Crippen molar-refractivity contribution in [3.63, 3.8) is 0 Å². The third-order valence-electron chi connectivity index (χ3n) is 1.75. The van der Waals surface area contributed by atoms with Crippen molar-refractivity contribution < 1.29 is 32.7 Å². The van der Waals surface area contributed by atoms with Gasteiger partial charge in [0.2, 0.25) is 0 Å². The quantitative estimate of drug-likeness (QED) is 0.376. The number of benzene rings is 1. The van der Waals surface area contributed by atoms with E-state index in [0.29, 0.717) is 0 Å². The highest BCUT2D eigenvalue weighted by Crippen LogP contribution is 2.15. The summed E-state index contributed by atoms with van der Waals surface area (Å²) in [4.78, 5) is 10.8. The zero-order valence-electron chi connectivity index (χ0n) is 8.48. The minimum absolute atomic E-state index is 0.379. The SMILES string of the molecule is O=C(OCC(O)O)c1ccccc1S(=O)(=O)O. The van der Waals surface area contributed by atoms with Crippen LogP contribution in [0.2, 0.25) is 0 Å². The summed E-state index contributed by atoms with van der Waals surface area (Å²) in [7, 11) is -4.54. The molecular formula is C9H10O7S. The monoisotopic (exact) mass is 262 g/mol. The van der Waals surface area contributed by atoms with Crippen LogP contribution in [-0.2, 0) is 14.9 Å². The summed E-state index contributed by atoms with van der Waals surface area (Å²) in [5.74, 6) is -1.08. The number of esters is 1. The van der Waals surface area contributed by atoms with Gasteiger partial charge < -0.3 is 14.9 Å². The third kappa shape index (κ3) is 3.79. The van der Waals surface area contributed by atoms with Gasteiger partial charge in [-0.1, -0.05) is 12.1 Å². The minimum Gasteiger partial charge on any atom is -0.457 e. The Labute approximate surface area is 97.0 Å². The fourth-order valence-electron chi connectivity index (χ4n) is 1.09. The Bertz CT molecular complexity index is 506. The van der Waals surface area contributed by atoms with Gasteiger partial charge in [0.1, 0.15) is 11.5 Å². The Kier molecular flexibility index (Phi) is 4.18. The summed E-state index contributed by atoms with van der Waals surface area (Å²) in [5, 5.41) is 17.0. The number of ether oxygens (including phenoxy) is 1. The average Bonchev–Trinajstić information content (AvgIpc) is 2.24. The Morgan fingerprint density at radius 2 is 1.88 bits per heavy atom. The summed E-state index contributed by atoms with van der Waals surface area (Å²) in [6, 6.07) is 4.86. The maximum atomic E-state index is 11.4. The van der Waals surface area contributed by atoms with Crippen molar-refractivity contribution >= 4 is 16.1 Å². The Morgan fingerprint density at radius 3 is 2.41 bits per heavy atom. The van der Waals surface area contributed by atoms with Gasteiger partial charge in [0, 0.05) is 0 Å². The number of rotatable bonds is 4. The zero-order valence-corrected chi connectivity index (χ0v) is 9.29. The predicted octanol–water partition coefficient (Wildman–Crippen LogP) is -0.599. The molecule has 0 spiro atoms. The molecule has 0 aliphatic rings. The van der Waals surface area contributed by atoms with Crippen LogP contribution >= 0.6 is 0 Å². The van der Waals surface area contributed by atoms with Crippen molar-refractivity contribution in [1.82, 2.24) is 0 Å². The summed E-state index contributed by atoms with van der Waals surface area (Å²) >= 11 is 0. The molecule has 0 fully saturated rings. The molecule has 0 saturated carbocycles. The van der Waals surface area contributed by atoms with Crippen LogP contribution in [0.15, 0.2) is 29.2 Å². The van der Waals surface area contributed by atoms with E-state index < -0.39 is 33.9 Å². The normalized spacial score (nSPS) is 11.5. The van der Waals surface area contributed by atoms with Gasteiger partial charge in [-0.2, -0.15) is 8.42 Å². The average molecular weight is 262 g/mol.